The molecule has 0 bridgehead atoms. The van der Waals surface area contributed by atoms with Gasteiger partial charge in [-0.05, 0) is 33.6 Å². The van der Waals surface area contributed by atoms with Crippen LogP contribution in [0.5, 0.6) is 0 Å². The maximum absolute atomic E-state index is 12.0. The Balaban J connectivity index is 1.72. The number of hydrogen-bond acceptors (Lipinski definition) is 5. The normalized spacial score (nSPS) is 27.0. The Hall–Kier alpha value is -1.30. The number of ether oxygens (including phenoxy) is 2. The molecule has 0 aromatic heterocycles. The number of piperazine rings is 1. The van der Waals surface area contributed by atoms with Crippen LogP contribution < -0.4 is 0 Å². The fourth-order valence-corrected chi connectivity index (χ4v) is 2.84. The van der Waals surface area contributed by atoms with Crippen LogP contribution in [0.4, 0.5) is 4.79 Å². The first-order chi connectivity index (χ1) is 9.80. The molecule has 2 rings (SSSR count). The van der Waals surface area contributed by atoms with Crippen LogP contribution in [0, 0.1) is 5.92 Å². The highest BCUT2D eigenvalue weighted by atomic mass is 16.6. The highest BCUT2D eigenvalue weighted by Crippen LogP contribution is 2.33. The predicted octanol–water partition coefficient (Wildman–Crippen LogP) is 1.49. The summed E-state index contributed by atoms with van der Waals surface area (Å²) in [6.07, 6.45) is 1.52. The van der Waals surface area contributed by atoms with Gasteiger partial charge in [-0.1, -0.05) is 0 Å². The number of nitrogens with zero attached hydrogens (tertiary/aromatic N) is 2. The molecule has 0 spiro atoms. The molecule has 0 aromatic rings. The highest BCUT2D eigenvalue weighted by Gasteiger charge is 2.40. The summed E-state index contributed by atoms with van der Waals surface area (Å²) in [7, 11) is 1.44. The Kier molecular flexibility index (Phi) is 4.76. The van der Waals surface area contributed by atoms with Crippen LogP contribution in [0.2, 0.25) is 0 Å². The Bertz CT molecular complexity index is 391. The largest absolute Gasteiger partial charge is 0.469 e. The van der Waals surface area contributed by atoms with Crippen molar-refractivity contribution in [1.82, 2.24) is 9.80 Å². The maximum atomic E-state index is 12.0. The number of methoxy groups -OCH3 is 1. The number of amides is 1. The summed E-state index contributed by atoms with van der Waals surface area (Å²) in [6.45, 7) is 8.70. The predicted molar refractivity (Wildman–Crippen MR) is 77.9 cm³/mol. The van der Waals surface area contributed by atoms with E-state index >= 15 is 0 Å². The van der Waals surface area contributed by atoms with Gasteiger partial charge < -0.3 is 14.4 Å². The van der Waals surface area contributed by atoms with Crippen molar-refractivity contribution >= 4 is 12.1 Å². The van der Waals surface area contributed by atoms with Crippen LogP contribution >= 0.6 is 0 Å². The molecule has 1 amide bonds. The van der Waals surface area contributed by atoms with Crippen LogP contribution in [0.15, 0.2) is 0 Å². The molecule has 0 atom stereocenters. The third kappa shape index (κ3) is 4.09. The van der Waals surface area contributed by atoms with Gasteiger partial charge in [-0.15, -0.1) is 0 Å². The zero-order valence-electron chi connectivity index (χ0n) is 13.4. The Morgan fingerprint density at radius 3 is 2.10 bits per heavy atom. The molecule has 120 valence electrons. The fraction of sp³-hybridized carbons (Fsp3) is 0.867. The Morgan fingerprint density at radius 2 is 1.62 bits per heavy atom. The molecule has 0 N–H and O–H groups in total. The van der Waals surface area contributed by atoms with E-state index in [9.17, 15) is 9.59 Å². The second-order valence-corrected chi connectivity index (χ2v) is 6.85. The fourth-order valence-electron chi connectivity index (χ4n) is 2.84. The topological polar surface area (TPSA) is 59.1 Å². The average Bonchev–Trinajstić information content (AvgIpc) is 2.35. The van der Waals surface area contributed by atoms with Gasteiger partial charge in [-0.2, -0.15) is 0 Å². The zero-order chi connectivity index (χ0) is 15.6. The average molecular weight is 298 g/mol. The summed E-state index contributed by atoms with van der Waals surface area (Å²) in [6, 6.07) is 0.454. The third-order valence-electron chi connectivity index (χ3n) is 4.13. The van der Waals surface area contributed by atoms with Crippen LogP contribution in [-0.2, 0) is 14.3 Å². The molecule has 1 aliphatic carbocycles. The molecule has 1 heterocycles. The van der Waals surface area contributed by atoms with Gasteiger partial charge in [0.05, 0.1) is 13.0 Å². The van der Waals surface area contributed by atoms with Gasteiger partial charge in [0.25, 0.3) is 0 Å². The van der Waals surface area contributed by atoms with Gasteiger partial charge in [0.2, 0.25) is 0 Å². The molecular formula is C15H26N2O4. The van der Waals surface area contributed by atoms with Crippen molar-refractivity contribution in [2.24, 2.45) is 5.92 Å². The van der Waals surface area contributed by atoms with Crippen molar-refractivity contribution in [2.75, 3.05) is 33.3 Å². The van der Waals surface area contributed by atoms with Gasteiger partial charge in [-0.3, -0.25) is 9.69 Å². The van der Waals surface area contributed by atoms with Crippen molar-refractivity contribution < 1.29 is 19.1 Å². The van der Waals surface area contributed by atoms with Crippen molar-refractivity contribution in [1.29, 1.82) is 0 Å². The van der Waals surface area contributed by atoms with E-state index in [1.54, 1.807) is 4.90 Å². The smallest absolute Gasteiger partial charge is 0.410 e. The van der Waals surface area contributed by atoms with Gasteiger partial charge >= 0.3 is 12.1 Å². The molecule has 2 fully saturated rings. The maximum Gasteiger partial charge on any atom is 0.410 e. The first kappa shape index (κ1) is 16.1. The molecule has 1 saturated carbocycles. The summed E-state index contributed by atoms with van der Waals surface area (Å²) < 4.78 is 10.1. The zero-order valence-corrected chi connectivity index (χ0v) is 13.4. The summed E-state index contributed by atoms with van der Waals surface area (Å²) >= 11 is 0. The van der Waals surface area contributed by atoms with Crippen LogP contribution in [-0.4, -0.2) is 66.8 Å². The van der Waals surface area contributed by atoms with Gasteiger partial charge in [-0.25, -0.2) is 4.79 Å². The van der Waals surface area contributed by atoms with Gasteiger partial charge in [0.15, 0.2) is 0 Å². The summed E-state index contributed by atoms with van der Waals surface area (Å²) in [4.78, 5) is 27.5. The number of rotatable bonds is 2. The summed E-state index contributed by atoms with van der Waals surface area (Å²) in [5.41, 5.74) is -0.448. The van der Waals surface area contributed by atoms with E-state index in [-0.39, 0.29) is 18.0 Å². The lowest BCUT2D eigenvalue weighted by Crippen LogP contribution is -2.56. The van der Waals surface area contributed by atoms with Crippen LogP contribution in [0.3, 0.4) is 0 Å². The molecule has 6 heteroatoms. The molecule has 1 saturated heterocycles. The quantitative estimate of drug-likeness (QED) is 0.723. The van der Waals surface area contributed by atoms with Crippen molar-refractivity contribution in [3.8, 4) is 0 Å². The van der Waals surface area contributed by atoms with E-state index in [0.717, 1.165) is 25.9 Å². The summed E-state index contributed by atoms with van der Waals surface area (Å²) in [5, 5.41) is 0. The first-order valence-electron chi connectivity index (χ1n) is 7.60. The number of carbonyl (C=O) groups is 2. The van der Waals surface area contributed by atoms with E-state index in [1.807, 2.05) is 20.8 Å². The Labute approximate surface area is 126 Å². The minimum absolute atomic E-state index is 0.0592. The molecule has 21 heavy (non-hydrogen) atoms. The SMILES string of the molecule is COC(=O)C1CC(N2CCN(C(=O)OC(C)(C)C)CC2)C1. The first-order valence-corrected chi connectivity index (χ1v) is 7.60. The monoisotopic (exact) mass is 298 g/mol. The van der Waals surface area contributed by atoms with E-state index in [2.05, 4.69) is 4.90 Å². The molecule has 6 nitrogen and oxygen atoms in total. The highest BCUT2D eigenvalue weighted by molar-refractivity contribution is 5.73. The summed E-state index contributed by atoms with van der Waals surface area (Å²) in [5.74, 6) is -0.0393. The molecule has 0 unspecified atom stereocenters. The standard InChI is InChI=1S/C15H26N2O4/c1-15(2,3)21-14(19)17-7-5-16(6-8-17)12-9-11(10-12)13(18)20-4/h11-12H,5-10H2,1-4H3. The van der Waals surface area contributed by atoms with Gasteiger partial charge in [0.1, 0.15) is 5.60 Å². The van der Waals surface area contributed by atoms with E-state index in [4.69, 9.17) is 9.47 Å². The number of esters is 1. The molecule has 2 aliphatic rings. The van der Waals surface area contributed by atoms with Crippen molar-refractivity contribution in [2.45, 2.75) is 45.3 Å². The van der Waals surface area contributed by atoms with Crippen molar-refractivity contribution in [3.05, 3.63) is 0 Å². The lowest BCUT2D eigenvalue weighted by molar-refractivity contribution is -0.151. The Morgan fingerprint density at radius 1 is 1.05 bits per heavy atom. The molecule has 0 radical (unpaired) electrons. The molecule has 0 aromatic carbocycles. The number of carbonyl (C=O) groups excluding carboxylic acids is 2. The second-order valence-electron chi connectivity index (χ2n) is 6.85. The minimum Gasteiger partial charge on any atom is -0.469 e. The molecule has 1 aliphatic heterocycles. The van der Waals surface area contributed by atoms with E-state index < -0.39 is 5.60 Å². The second kappa shape index (κ2) is 6.22. The number of hydrogen-bond donors (Lipinski definition) is 0. The third-order valence-corrected chi connectivity index (χ3v) is 4.13. The lowest BCUT2D eigenvalue weighted by Gasteiger charge is -2.45. The van der Waals surface area contributed by atoms with Crippen molar-refractivity contribution in [3.63, 3.8) is 0 Å². The van der Waals surface area contributed by atoms with Gasteiger partial charge in [0, 0.05) is 32.2 Å². The minimum atomic E-state index is -0.448. The van der Waals surface area contributed by atoms with Crippen LogP contribution in [0.25, 0.3) is 0 Å². The van der Waals surface area contributed by atoms with E-state index in [1.165, 1.54) is 7.11 Å². The molecular weight excluding hydrogens is 272 g/mol. The lowest BCUT2D eigenvalue weighted by atomic mass is 9.79. The van der Waals surface area contributed by atoms with Crippen LogP contribution in [0.1, 0.15) is 33.6 Å². The van der Waals surface area contributed by atoms with E-state index in [0.29, 0.717) is 19.1 Å².